The number of aryl methyl sites for hydroxylation is 1. The fraction of sp³-hybridized carbons (Fsp3) is 0.622. The fourth-order valence-corrected chi connectivity index (χ4v) is 6.59. The van der Waals surface area contributed by atoms with Crippen LogP contribution in [-0.2, 0) is 39.9 Å². The number of pyridine rings is 1. The molecule has 2 heterocycles. The second kappa shape index (κ2) is 19.1. The minimum absolute atomic E-state index is 0.0102. The summed E-state index contributed by atoms with van der Waals surface area (Å²) in [7, 11) is 0. The Balaban J connectivity index is 1.70. The van der Waals surface area contributed by atoms with Gasteiger partial charge in [-0.3, -0.25) is 24.2 Å². The standard InChI is InChI=1S/C37H52N2O7/c1-5-9-30(22-27(3)18-21-45-25-40)33(41)16-13-28(4)34(17-14-29-10-8-19-38-24-29)46-37(44)32-11-6-7-20-39(32)36(43)35(42)31-15-12-26(2)23-31/h5,8,10,19,22,24-28,31-32,34H,1,6-7,9,11-18,20-21,23H2,2-4H3/t26-,27?,28+,31+,32-,34?/m0/s1. The minimum atomic E-state index is -0.787. The molecule has 1 amide bonds. The molecule has 3 rings (SSSR count). The van der Waals surface area contributed by atoms with Crippen molar-refractivity contribution in [3.05, 3.63) is 54.4 Å². The summed E-state index contributed by atoms with van der Waals surface area (Å²) in [6.07, 6.45) is 14.0. The number of rotatable bonds is 19. The molecule has 2 aliphatic rings. The first-order valence-electron chi connectivity index (χ1n) is 17.0. The summed E-state index contributed by atoms with van der Waals surface area (Å²) in [5.74, 6) is -1.33. The number of nitrogens with zero attached hydrogens (tertiary/aromatic N) is 2. The normalized spacial score (nSPS) is 21.9. The Morgan fingerprint density at radius 1 is 1.11 bits per heavy atom. The number of ketones is 2. The maximum atomic E-state index is 13.7. The number of hydrogen-bond donors (Lipinski definition) is 0. The van der Waals surface area contributed by atoms with Crippen molar-refractivity contribution in [1.82, 2.24) is 9.88 Å². The molecule has 1 aliphatic carbocycles. The molecule has 1 saturated carbocycles. The molecule has 0 radical (unpaired) electrons. The molecule has 46 heavy (non-hydrogen) atoms. The topological polar surface area (TPSA) is 120 Å². The predicted octanol–water partition coefficient (Wildman–Crippen LogP) is 6.00. The van der Waals surface area contributed by atoms with E-state index >= 15 is 0 Å². The highest BCUT2D eigenvalue weighted by Gasteiger charge is 2.40. The third-order valence-corrected chi connectivity index (χ3v) is 9.45. The number of esters is 1. The van der Waals surface area contributed by atoms with Gasteiger partial charge in [-0.05, 0) is 106 Å². The van der Waals surface area contributed by atoms with E-state index in [9.17, 15) is 24.0 Å². The Morgan fingerprint density at radius 2 is 1.91 bits per heavy atom. The number of Topliss-reactive ketones (excluding diaryl/α,β-unsaturated/α-hetero) is 2. The molecule has 6 atom stereocenters. The largest absolute Gasteiger partial charge is 0.468 e. The average molecular weight is 637 g/mol. The van der Waals surface area contributed by atoms with Crippen LogP contribution in [0.1, 0.15) is 97.0 Å². The van der Waals surface area contributed by atoms with Crippen LogP contribution < -0.4 is 0 Å². The van der Waals surface area contributed by atoms with Crippen LogP contribution in [0.5, 0.6) is 0 Å². The van der Waals surface area contributed by atoms with Crippen molar-refractivity contribution in [2.45, 2.75) is 110 Å². The molecule has 9 heteroatoms. The molecule has 2 unspecified atom stereocenters. The summed E-state index contributed by atoms with van der Waals surface area (Å²) in [5, 5.41) is 0. The average Bonchev–Trinajstić information content (AvgIpc) is 3.51. The van der Waals surface area contributed by atoms with Crippen LogP contribution in [0.2, 0.25) is 0 Å². The number of ether oxygens (including phenoxy) is 2. The van der Waals surface area contributed by atoms with Gasteiger partial charge in [0.05, 0.1) is 6.61 Å². The van der Waals surface area contributed by atoms with Gasteiger partial charge in [0.15, 0.2) is 5.78 Å². The van der Waals surface area contributed by atoms with Gasteiger partial charge in [0.2, 0.25) is 5.78 Å². The van der Waals surface area contributed by atoms with Gasteiger partial charge in [-0.1, -0.05) is 39.0 Å². The van der Waals surface area contributed by atoms with Crippen LogP contribution in [0.15, 0.2) is 48.8 Å². The van der Waals surface area contributed by atoms with Crippen molar-refractivity contribution in [2.75, 3.05) is 13.2 Å². The van der Waals surface area contributed by atoms with Crippen LogP contribution in [0.3, 0.4) is 0 Å². The van der Waals surface area contributed by atoms with Crippen LogP contribution in [0.25, 0.3) is 0 Å². The molecule has 0 aromatic carbocycles. The van der Waals surface area contributed by atoms with E-state index in [1.54, 1.807) is 18.5 Å². The van der Waals surface area contributed by atoms with Crippen molar-refractivity contribution in [1.29, 1.82) is 0 Å². The van der Waals surface area contributed by atoms with Gasteiger partial charge < -0.3 is 14.4 Å². The summed E-state index contributed by atoms with van der Waals surface area (Å²) >= 11 is 0. The summed E-state index contributed by atoms with van der Waals surface area (Å²) in [6, 6.07) is 3.06. The quantitative estimate of drug-likeness (QED) is 0.0453. The van der Waals surface area contributed by atoms with E-state index in [-0.39, 0.29) is 42.3 Å². The molecule has 1 aromatic rings. The Hall–Kier alpha value is -3.62. The van der Waals surface area contributed by atoms with Crippen LogP contribution in [-0.4, -0.2) is 65.1 Å². The zero-order valence-corrected chi connectivity index (χ0v) is 27.9. The first kappa shape index (κ1) is 36.8. The summed E-state index contributed by atoms with van der Waals surface area (Å²) in [6.45, 7) is 10.9. The van der Waals surface area contributed by atoms with Crippen molar-refractivity contribution in [3.63, 3.8) is 0 Å². The van der Waals surface area contributed by atoms with Crippen LogP contribution >= 0.6 is 0 Å². The number of carbonyl (C=O) groups is 5. The van der Waals surface area contributed by atoms with Crippen molar-refractivity contribution < 1.29 is 33.4 Å². The Bertz CT molecular complexity index is 1210. The van der Waals surface area contributed by atoms with Gasteiger partial charge in [0, 0.05) is 31.3 Å². The summed E-state index contributed by atoms with van der Waals surface area (Å²) in [5.41, 5.74) is 1.68. The summed E-state index contributed by atoms with van der Waals surface area (Å²) in [4.78, 5) is 69.6. The molecule has 1 aliphatic heterocycles. The highest BCUT2D eigenvalue weighted by molar-refractivity contribution is 6.37. The van der Waals surface area contributed by atoms with E-state index in [0.717, 1.165) is 37.7 Å². The lowest BCUT2D eigenvalue weighted by Crippen LogP contribution is -2.52. The molecule has 0 N–H and O–H groups in total. The molecule has 1 aromatic heterocycles. The van der Waals surface area contributed by atoms with Crippen LogP contribution in [0.4, 0.5) is 0 Å². The number of allylic oxidation sites excluding steroid dienone is 3. The molecule has 2 fully saturated rings. The van der Waals surface area contributed by atoms with Crippen molar-refractivity contribution >= 4 is 29.9 Å². The first-order valence-corrected chi connectivity index (χ1v) is 17.0. The Kier molecular flexibility index (Phi) is 15.3. The van der Waals surface area contributed by atoms with E-state index in [4.69, 9.17) is 9.47 Å². The third kappa shape index (κ3) is 11.3. The van der Waals surface area contributed by atoms with E-state index in [0.29, 0.717) is 63.0 Å². The molecule has 1 saturated heterocycles. The lowest BCUT2D eigenvalue weighted by atomic mass is 9.90. The number of carbonyl (C=O) groups excluding carboxylic acids is 5. The smallest absolute Gasteiger partial charge is 0.329 e. The fourth-order valence-electron chi connectivity index (χ4n) is 6.59. The number of hydrogen-bond acceptors (Lipinski definition) is 8. The van der Waals surface area contributed by atoms with Gasteiger partial charge in [0.25, 0.3) is 12.4 Å². The van der Waals surface area contributed by atoms with Gasteiger partial charge >= 0.3 is 5.97 Å². The van der Waals surface area contributed by atoms with Crippen molar-refractivity contribution in [2.24, 2.45) is 23.7 Å². The first-order chi connectivity index (χ1) is 22.1. The molecule has 0 bridgehead atoms. The molecule has 252 valence electrons. The number of aromatic nitrogens is 1. The maximum absolute atomic E-state index is 13.7. The molecular weight excluding hydrogens is 584 g/mol. The van der Waals surface area contributed by atoms with Crippen LogP contribution in [0, 0.1) is 23.7 Å². The highest BCUT2D eigenvalue weighted by Crippen LogP contribution is 2.32. The lowest BCUT2D eigenvalue weighted by molar-refractivity contribution is -0.165. The second-order valence-electron chi connectivity index (χ2n) is 13.2. The summed E-state index contributed by atoms with van der Waals surface area (Å²) < 4.78 is 11.0. The Labute approximate surface area is 274 Å². The number of amides is 1. The molecule has 9 nitrogen and oxygen atoms in total. The highest BCUT2D eigenvalue weighted by atomic mass is 16.5. The number of likely N-dealkylation sites (tertiary alicyclic amines) is 1. The van der Waals surface area contributed by atoms with Gasteiger partial charge in [-0.15, -0.1) is 6.58 Å². The van der Waals surface area contributed by atoms with E-state index in [1.165, 1.54) is 4.90 Å². The van der Waals surface area contributed by atoms with Gasteiger partial charge in [0.1, 0.15) is 12.1 Å². The second-order valence-corrected chi connectivity index (χ2v) is 13.2. The monoisotopic (exact) mass is 636 g/mol. The zero-order chi connectivity index (χ0) is 33.5. The molecular formula is C37H52N2O7. The van der Waals surface area contributed by atoms with Crippen molar-refractivity contribution in [3.8, 4) is 0 Å². The predicted molar refractivity (Wildman–Crippen MR) is 175 cm³/mol. The zero-order valence-electron chi connectivity index (χ0n) is 27.9. The van der Waals surface area contributed by atoms with E-state index in [2.05, 4.69) is 18.5 Å². The van der Waals surface area contributed by atoms with E-state index < -0.39 is 24.0 Å². The number of piperidine rings is 1. The molecule has 0 spiro atoms. The SMILES string of the molecule is C=CCC(=CC(C)CCOC=O)C(=O)CC[C@@H](C)C(CCc1cccnc1)OC(=O)[C@@H]1CCCCN1C(=O)C(=O)[C@@H]1CC[C@H](C)C1. The maximum Gasteiger partial charge on any atom is 0.329 e. The van der Waals surface area contributed by atoms with E-state index in [1.807, 2.05) is 32.1 Å². The third-order valence-electron chi connectivity index (χ3n) is 9.45. The van der Waals surface area contributed by atoms with Gasteiger partial charge in [-0.2, -0.15) is 0 Å². The Morgan fingerprint density at radius 3 is 2.59 bits per heavy atom. The van der Waals surface area contributed by atoms with Gasteiger partial charge in [-0.25, -0.2) is 4.79 Å². The minimum Gasteiger partial charge on any atom is -0.468 e. The lowest BCUT2D eigenvalue weighted by Gasteiger charge is -2.35.